The molecule has 1 aliphatic heterocycles. The fraction of sp³-hybridized carbons (Fsp3) is 0.600. The van der Waals surface area contributed by atoms with Crippen LogP contribution in [0.3, 0.4) is 0 Å². The maximum atomic E-state index is 5.63. The lowest BCUT2D eigenvalue weighted by Crippen LogP contribution is -2.46. The molecular formula is C15H23NOS. The van der Waals surface area contributed by atoms with E-state index in [4.69, 9.17) is 10.5 Å². The number of ether oxygens (including phenoxy) is 1. The van der Waals surface area contributed by atoms with E-state index in [1.54, 1.807) is 0 Å². The highest BCUT2D eigenvalue weighted by atomic mass is 32.2. The maximum absolute atomic E-state index is 5.63. The Bertz CT molecular complexity index is 371. The molecule has 0 spiro atoms. The molecule has 0 aromatic heterocycles. The number of thioether (sulfide) groups is 1. The Hall–Kier alpha value is -0.510. The van der Waals surface area contributed by atoms with Crippen LogP contribution in [0.1, 0.15) is 32.3 Å². The summed E-state index contributed by atoms with van der Waals surface area (Å²) in [5, 5.41) is 0.633. The molecule has 1 fully saturated rings. The predicted octanol–water partition coefficient (Wildman–Crippen LogP) is 3.19. The first kappa shape index (κ1) is 13.9. The van der Waals surface area contributed by atoms with E-state index < -0.39 is 0 Å². The summed E-state index contributed by atoms with van der Waals surface area (Å²) in [6.45, 7) is 6.92. The number of hydrogen-bond donors (Lipinski definition) is 1. The van der Waals surface area contributed by atoms with Gasteiger partial charge in [-0.2, -0.15) is 0 Å². The van der Waals surface area contributed by atoms with E-state index in [9.17, 15) is 0 Å². The van der Waals surface area contributed by atoms with Crippen molar-refractivity contribution >= 4 is 11.8 Å². The lowest BCUT2D eigenvalue weighted by atomic mass is 9.75. The minimum absolute atomic E-state index is 0.237. The molecule has 1 saturated heterocycles. The van der Waals surface area contributed by atoms with Gasteiger partial charge in [0.2, 0.25) is 0 Å². The number of hydrogen-bond acceptors (Lipinski definition) is 3. The van der Waals surface area contributed by atoms with E-state index >= 15 is 0 Å². The van der Waals surface area contributed by atoms with Gasteiger partial charge in [-0.25, -0.2) is 0 Å². The van der Waals surface area contributed by atoms with Crippen molar-refractivity contribution in [2.24, 2.45) is 5.73 Å². The summed E-state index contributed by atoms with van der Waals surface area (Å²) in [7, 11) is 0. The number of rotatable bonds is 6. The first-order chi connectivity index (χ1) is 8.66. The third-order valence-corrected chi connectivity index (χ3v) is 4.47. The van der Waals surface area contributed by atoms with Crippen molar-refractivity contribution in [1.29, 1.82) is 0 Å². The molecule has 2 N–H and O–H groups in total. The molecule has 3 heteroatoms. The second kappa shape index (κ2) is 6.09. The van der Waals surface area contributed by atoms with Crippen molar-refractivity contribution in [3.63, 3.8) is 0 Å². The summed E-state index contributed by atoms with van der Waals surface area (Å²) in [6, 6.07) is 9.01. The van der Waals surface area contributed by atoms with E-state index in [1.807, 2.05) is 11.8 Å². The molecule has 0 amide bonds. The first-order valence-electron chi connectivity index (χ1n) is 6.71. The normalized spacial score (nSPS) is 17.8. The van der Waals surface area contributed by atoms with E-state index in [2.05, 4.69) is 38.1 Å². The fourth-order valence-electron chi connectivity index (χ4n) is 2.40. The average Bonchev–Trinajstić information content (AvgIpc) is 2.29. The van der Waals surface area contributed by atoms with Crippen LogP contribution >= 0.6 is 11.8 Å². The molecule has 0 aliphatic carbocycles. The summed E-state index contributed by atoms with van der Waals surface area (Å²) in [5.74, 6) is 0. The van der Waals surface area contributed by atoms with Crippen LogP contribution in [0.25, 0.3) is 0 Å². The minimum atomic E-state index is 0.237. The molecule has 1 aromatic rings. The zero-order valence-corrected chi connectivity index (χ0v) is 12.1. The van der Waals surface area contributed by atoms with Crippen LogP contribution in [0, 0.1) is 0 Å². The van der Waals surface area contributed by atoms with Gasteiger partial charge in [-0.05, 0) is 37.1 Å². The van der Waals surface area contributed by atoms with Crippen LogP contribution in [0.5, 0.6) is 0 Å². The molecule has 0 unspecified atom stereocenters. The van der Waals surface area contributed by atoms with Crippen LogP contribution in [0.15, 0.2) is 29.2 Å². The predicted molar refractivity (Wildman–Crippen MR) is 78.2 cm³/mol. The highest BCUT2D eigenvalue weighted by molar-refractivity contribution is 7.99. The van der Waals surface area contributed by atoms with Gasteiger partial charge in [-0.1, -0.05) is 26.0 Å². The van der Waals surface area contributed by atoms with Gasteiger partial charge < -0.3 is 10.5 Å². The van der Waals surface area contributed by atoms with Crippen molar-refractivity contribution in [3.8, 4) is 0 Å². The minimum Gasteiger partial charge on any atom is -0.379 e. The molecule has 0 bridgehead atoms. The van der Waals surface area contributed by atoms with Crippen LogP contribution < -0.4 is 5.73 Å². The lowest BCUT2D eigenvalue weighted by Gasteiger charge is -2.42. The highest BCUT2D eigenvalue weighted by Gasteiger charge is 2.39. The fourth-order valence-corrected chi connectivity index (χ4v) is 3.24. The van der Waals surface area contributed by atoms with Crippen LogP contribution in [0.2, 0.25) is 0 Å². The topological polar surface area (TPSA) is 35.2 Å². The Balaban J connectivity index is 2.07. The molecule has 2 nitrogen and oxygen atoms in total. The second-order valence-corrected chi connectivity index (χ2v) is 7.01. The van der Waals surface area contributed by atoms with Gasteiger partial charge in [0.15, 0.2) is 0 Å². The van der Waals surface area contributed by atoms with Gasteiger partial charge >= 0.3 is 0 Å². The Morgan fingerprint density at radius 1 is 1.28 bits per heavy atom. The monoisotopic (exact) mass is 265 g/mol. The summed E-state index contributed by atoms with van der Waals surface area (Å²) < 4.78 is 5.44. The summed E-state index contributed by atoms with van der Waals surface area (Å²) in [5.41, 5.74) is 7.28. The zero-order chi connectivity index (χ0) is 13.0. The SMILES string of the molecule is CC(C)Sc1ccc(C2(CCCN)COC2)cc1. The van der Waals surface area contributed by atoms with Gasteiger partial charge in [-0.15, -0.1) is 11.8 Å². The van der Waals surface area contributed by atoms with E-state index in [0.717, 1.165) is 32.6 Å². The maximum Gasteiger partial charge on any atom is 0.0585 e. The van der Waals surface area contributed by atoms with Gasteiger partial charge in [0.1, 0.15) is 0 Å². The Labute approximate surface area is 114 Å². The molecule has 0 radical (unpaired) electrons. The van der Waals surface area contributed by atoms with Gasteiger partial charge in [-0.3, -0.25) is 0 Å². The zero-order valence-electron chi connectivity index (χ0n) is 11.3. The van der Waals surface area contributed by atoms with E-state index in [1.165, 1.54) is 10.5 Å². The van der Waals surface area contributed by atoms with Crippen molar-refractivity contribution in [3.05, 3.63) is 29.8 Å². The van der Waals surface area contributed by atoms with Gasteiger partial charge in [0.25, 0.3) is 0 Å². The quantitative estimate of drug-likeness (QED) is 0.802. The van der Waals surface area contributed by atoms with Crippen LogP contribution in [0.4, 0.5) is 0 Å². The standard InChI is InChI=1S/C15H23NOS/c1-12(2)18-14-6-4-13(5-7-14)15(8-3-9-16)10-17-11-15/h4-7,12H,3,8-11,16H2,1-2H3. The number of nitrogens with two attached hydrogens (primary N) is 1. The molecule has 1 heterocycles. The van der Waals surface area contributed by atoms with E-state index in [0.29, 0.717) is 5.25 Å². The Morgan fingerprint density at radius 3 is 2.39 bits per heavy atom. The highest BCUT2D eigenvalue weighted by Crippen LogP contribution is 2.37. The Kier molecular flexibility index (Phi) is 4.71. The Morgan fingerprint density at radius 2 is 1.94 bits per heavy atom. The smallest absolute Gasteiger partial charge is 0.0585 e. The molecule has 18 heavy (non-hydrogen) atoms. The molecule has 0 atom stereocenters. The van der Waals surface area contributed by atoms with Crippen molar-refractivity contribution < 1.29 is 4.74 Å². The summed E-state index contributed by atoms with van der Waals surface area (Å²) in [4.78, 5) is 1.35. The van der Waals surface area contributed by atoms with Crippen LogP contribution in [-0.2, 0) is 10.2 Å². The molecule has 1 aromatic carbocycles. The van der Waals surface area contributed by atoms with Crippen molar-refractivity contribution in [2.75, 3.05) is 19.8 Å². The molecular weight excluding hydrogens is 242 g/mol. The average molecular weight is 265 g/mol. The molecule has 2 rings (SSSR count). The van der Waals surface area contributed by atoms with Crippen molar-refractivity contribution in [1.82, 2.24) is 0 Å². The number of benzene rings is 1. The van der Waals surface area contributed by atoms with Gasteiger partial charge in [0, 0.05) is 15.6 Å². The van der Waals surface area contributed by atoms with E-state index in [-0.39, 0.29) is 5.41 Å². The van der Waals surface area contributed by atoms with Gasteiger partial charge in [0.05, 0.1) is 13.2 Å². The second-order valence-electron chi connectivity index (χ2n) is 5.36. The molecule has 0 saturated carbocycles. The third-order valence-electron chi connectivity index (χ3n) is 3.45. The lowest BCUT2D eigenvalue weighted by molar-refractivity contribution is -0.0649. The largest absolute Gasteiger partial charge is 0.379 e. The molecule has 100 valence electrons. The van der Waals surface area contributed by atoms with Crippen molar-refractivity contribution in [2.45, 2.75) is 42.2 Å². The first-order valence-corrected chi connectivity index (χ1v) is 7.59. The molecule has 1 aliphatic rings. The summed E-state index contributed by atoms with van der Waals surface area (Å²) >= 11 is 1.91. The van der Waals surface area contributed by atoms with Crippen LogP contribution in [-0.4, -0.2) is 25.0 Å². The third kappa shape index (κ3) is 3.08. The summed E-state index contributed by atoms with van der Waals surface area (Å²) in [6.07, 6.45) is 2.21.